The summed E-state index contributed by atoms with van der Waals surface area (Å²) in [6.07, 6.45) is 0. The first kappa shape index (κ1) is 19.1. The first-order valence-corrected chi connectivity index (χ1v) is 9.87. The number of benzene rings is 2. The Morgan fingerprint density at radius 2 is 1.39 bits per heavy atom. The standard InChI is InChI=1S/C20H16Cl3N3O2/c21-13-2-4-17-12(9-13)10-18(24-17)20(28)26-7-5-25(6-8-26)19(27)15-3-1-14(22)11-16(15)23/h1-4,9-11,24H,5-8H2. The van der Waals surface area contributed by atoms with Crippen LogP contribution in [0.3, 0.4) is 0 Å². The number of nitrogens with zero attached hydrogens (tertiary/aromatic N) is 2. The van der Waals surface area contributed by atoms with Crippen LogP contribution in [0.5, 0.6) is 0 Å². The highest BCUT2D eigenvalue weighted by molar-refractivity contribution is 6.36. The molecule has 0 radical (unpaired) electrons. The third kappa shape index (κ3) is 3.70. The van der Waals surface area contributed by atoms with Crippen LogP contribution >= 0.6 is 34.8 Å². The van der Waals surface area contributed by atoms with E-state index in [1.54, 1.807) is 40.1 Å². The zero-order chi connectivity index (χ0) is 19.8. The Morgan fingerprint density at radius 3 is 2.07 bits per heavy atom. The van der Waals surface area contributed by atoms with Crippen molar-refractivity contribution in [1.82, 2.24) is 14.8 Å². The smallest absolute Gasteiger partial charge is 0.270 e. The summed E-state index contributed by atoms with van der Waals surface area (Å²) in [6.45, 7) is 1.78. The molecule has 2 heterocycles. The Bertz CT molecular complexity index is 1070. The van der Waals surface area contributed by atoms with E-state index in [9.17, 15) is 9.59 Å². The summed E-state index contributed by atoms with van der Waals surface area (Å²) in [6, 6.07) is 12.1. The average molecular weight is 437 g/mol. The molecule has 1 aliphatic heterocycles. The number of fused-ring (bicyclic) bond motifs is 1. The van der Waals surface area contributed by atoms with E-state index in [0.717, 1.165) is 10.9 Å². The fraction of sp³-hybridized carbons (Fsp3) is 0.200. The molecule has 8 heteroatoms. The molecule has 3 aromatic rings. The fourth-order valence-electron chi connectivity index (χ4n) is 3.33. The molecule has 4 rings (SSSR count). The molecule has 1 aromatic heterocycles. The number of H-pyrrole nitrogens is 1. The zero-order valence-electron chi connectivity index (χ0n) is 14.7. The predicted molar refractivity (Wildman–Crippen MR) is 112 cm³/mol. The molecule has 2 amide bonds. The number of hydrogen-bond acceptors (Lipinski definition) is 2. The maximum absolute atomic E-state index is 12.8. The second-order valence-electron chi connectivity index (χ2n) is 6.62. The number of rotatable bonds is 2. The lowest BCUT2D eigenvalue weighted by Gasteiger charge is -2.34. The highest BCUT2D eigenvalue weighted by Gasteiger charge is 2.27. The summed E-state index contributed by atoms with van der Waals surface area (Å²) in [7, 11) is 0. The van der Waals surface area contributed by atoms with Crippen LogP contribution in [0.15, 0.2) is 42.5 Å². The number of amides is 2. The molecular weight excluding hydrogens is 421 g/mol. The van der Waals surface area contributed by atoms with Gasteiger partial charge in [-0.3, -0.25) is 9.59 Å². The van der Waals surface area contributed by atoms with E-state index in [-0.39, 0.29) is 11.8 Å². The van der Waals surface area contributed by atoms with Crippen molar-refractivity contribution in [1.29, 1.82) is 0 Å². The van der Waals surface area contributed by atoms with Crippen LogP contribution in [-0.4, -0.2) is 52.8 Å². The van der Waals surface area contributed by atoms with E-state index in [1.807, 2.05) is 12.1 Å². The Hall–Kier alpha value is -2.21. The maximum Gasteiger partial charge on any atom is 0.270 e. The highest BCUT2D eigenvalue weighted by Crippen LogP contribution is 2.24. The summed E-state index contributed by atoms with van der Waals surface area (Å²) >= 11 is 18.0. The van der Waals surface area contributed by atoms with Gasteiger partial charge in [-0.1, -0.05) is 34.8 Å². The molecule has 1 saturated heterocycles. The molecule has 1 N–H and O–H groups in total. The van der Waals surface area contributed by atoms with E-state index < -0.39 is 0 Å². The number of aromatic amines is 1. The summed E-state index contributed by atoms with van der Waals surface area (Å²) in [5.74, 6) is -0.252. The average Bonchev–Trinajstić information content (AvgIpc) is 3.10. The van der Waals surface area contributed by atoms with Crippen LogP contribution in [0.1, 0.15) is 20.8 Å². The topological polar surface area (TPSA) is 56.4 Å². The fourth-order valence-corrected chi connectivity index (χ4v) is 4.00. The molecule has 1 fully saturated rings. The first-order chi connectivity index (χ1) is 13.4. The van der Waals surface area contributed by atoms with Crippen molar-refractivity contribution < 1.29 is 9.59 Å². The second kappa shape index (κ2) is 7.66. The van der Waals surface area contributed by atoms with Gasteiger partial charge >= 0.3 is 0 Å². The van der Waals surface area contributed by atoms with Gasteiger partial charge in [0.1, 0.15) is 5.69 Å². The quantitative estimate of drug-likeness (QED) is 0.631. The lowest BCUT2D eigenvalue weighted by Crippen LogP contribution is -2.50. The van der Waals surface area contributed by atoms with E-state index in [4.69, 9.17) is 34.8 Å². The van der Waals surface area contributed by atoms with E-state index in [0.29, 0.717) is 52.5 Å². The van der Waals surface area contributed by atoms with E-state index in [1.165, 1.54) is 0 Å². The van der Waals surface area contributed by atoms with Gasteiger partial charge in [-0.2, -0.15) is 0 Å². The molecular formula is C20H16Cl3N3O2. The van der Waals surface area contributed by atoms with Crippen molar-refractivity contribution in [2.24, 2.45) is 0 Å². The van der Waals surface area contributed by atoms with Gasteiger partial charge in [-0.15, -0.1) is 0 Å². The van der Waals surface area contributed by atoms with Gasteiger partial charge < -0.3 is 14.8 Å². The second-order valence-corrected chi connectivity index (χ2v) is 7.90. The Labute approximate surface area is 176 Å². The normalized spacial score (nSPS) is 14.5. The number of piperazine rings is 1. The lowest BCUT2D eigenvalue weighted by atomic mass is 10.1. The maximum atomic E-state index is 12.8. The number of halogens is 3. The van der Waals surface area contributed by atoms with Crippen LogP contribution in [0.4, 0.5) is 0 Å². The van der Waals surface area contributed by atoms with Crippen molar-refractivity contribution in [3.05, 3.63) is 68.8 Å². The minimum Gasteiger partial charge on any atom is -0.351 e. The number of carbonyl (C=O) groups excluding carboxylic acids is 2. The summed E-state index contributed by atoms with van der Waals surface area (Å²) in [5, 5.41) is 2.32. The molecule has 1 aliphatic rings. The molecule has 0 atom stereocenters. The molecule has 28 heavy (non-hydrogen) atoms. The van der Waals surface area contributed by atoms with Crippen LogP contribution in [0, 0.1) is 0 Å². The van der Waals surface area contributed by atoms with Crippen molar-refractivity contribution in [2.45, 2.75) is 0 Å². The van der Waals surface area contributed by atoms with Crippen molar-refractivity contribution >= 4 is 57.5 Å². The van der Waals surface area contributed by atoms with Crippen molar-refractivity contribution in [3.63, 3.8) is 0 Å². The van der Waals surface area contributed by atoms with Gasteiger partial charge in [0.15, 0.2) is 0 Å². The summed E-state index contributed by atoms with van der Waals surface area (Å²) in [5.41, 5.74) is 1.79. The van der Waals surface area contributed by atoms with Crippen LogP contribution in [-0.2, 0) is 0 Å². The Morgan fingerprint density at radius 1 is 0.786 bits per heavy atom. The van der Waals surface area contributed by atoms with Crippen LogP contribution < -0.4 is 0 Å². The minimum absolute atomic E-state index is 0.0936. The molecule has 0 spiro atoms. The minimum atomic E-state index is -0.158. The van der Waals surface area contributed by atoms with E-state index >= 15 is 0 Å². The monoisotopic (exact) mass is 435 g/mol. The SMILES string of the molecule is O=C(c1cc2cc(Cl)ccc2[nH]1)N1CCN(C(=O)c2ccc(Cl)cc2Cl)CC1. The van der Waals surface area contributed by atoms with Crippen LogP contribution in [0.2, 0.25) is 15.1 Å². The molecule has 0 unspecified atom stereocenters. The molecule has 0 aliphatic carbocycles. The summed E-state index contributed by atoms with van der Waals surface area (Å²) < 4.78 is 0. The number of carbonyl (C=O) groups is 2. The summed E-state index contributed by atoms with van der Waals surface area (Å²) in [4.78, 5) is 32.1. The zero-order valence-corrected chi connectivity index (χ0v) is 17.0. The molecule has 144 valence electrons. The molecule has 2 aromatic carbocycles. The van der Waals surface area contributed by atoms with Gasteiger partial charge in [0.2, 0.25) is 0 Å². The first-order valence-electron chi connectivity index (χ1n) is 8.74. The molecule has 0 saturated carbocycles. The number of aromatic nitrogens is 1. The van der Waals surface area contributed by atoms with Gasteiger partial charge in [-0.25, -0.2) is 0 Å². The van der Waals surface area contributed by atoms with Crippen molar-refractivity contribution in [2.75, 3.05) is 26.2 Å². The third-order valence-electron chi connectivity index (χ3n) is 4.83. The molecule has 0 bridgehead atoms. The predicted octanol–water partition coefficient (Wildman–Crippen LogP) is 4.73. The van der Waals surface area contributed by atoms with E-state index in [2.05, 4.69) is 4.98 Å². The van der Waals surface area contributed by atoms with Gasteiger partial charge in [0.05, 0.1) is 10.6 Å². The number of nitrogens with one attached hydrogen (secondary N) is 1. The highest BCUT2D eigenvalue weighted by atomic mass is 35.5. The Balaban J connectivity index is 1.44. The number of hydrogen-bond donors (Lipinski definition) is 1. The van der Waals surface area contributed by atoms with Gasteiger partial charge in [0.25, 0.3) is 11.8 Å². The third-order valence-corrected chi connectivity index (χ3v) is 5.61. The van der Waals surface area contributed by atoms with Crippen LogP contribution in [0.25, 0.3) is 10.9 Å². The van der Waals surface area contributed by atoms with Gasteiger partial charge in [-0.05, 0) is 42.5 Å². The molecule has 5 nitrogen and oxygen atoms in total. The lowest BCUT2D eigenvalue weighted by molar-refractivity contribution is 0.0533. The Kier molecular flexibility index (Phi) is 5.23. The van der Waals surface area contributed by atoms with Gasteiger partial charge in [0, 0.05) is 47.1 Å². The largest absolute Gasteiger partial charge is 0.351 e. The van der Waals surface area contributed by atoms with Crippen molar-refractivity contribution in [3.8, 4) is 0 Å².